The second kappa shape index (κ2) is 5.56. The van der Waals surface area contributed by atoms with Crippen molar-refractivity contribution in [2.45, 2.75) is 13.8 Å². The van der Waals surface area contributed by atoms with Crippen molar-refractivity contribution >= 4 is 11.7 Å². The van der Waals surface area contributed by atoms with E-state index >= 15 is 0 Å². The molecule has 1 heterocycles. The number of nitrogens with zero attached hydrogens (tertiary/aromatic N) is 2. The van der Waals surface area contributed by atoms with Gasteiger partial charge in [-0.2, -0.15) is 0 Å². The highest BCUT2D eigenvalue weighted by atomic mass is 19.1. The average molecular weight is 242 g/mol. The molecule has 4 nitrogen and oxygen atoms in total. The standard InChI is InChI=1S/C11H16F2N4/c1-3-17(6-7(2)10(14)15)11-9(13)4-8(12)5-16-11/h4-5,7H,3,6H2,1-2H3,(H3,14,15). The normalized spacial score (nSPS) is 12.2. The first kappa shape index (κ1) is 13.3. The molecule has 17 heavy (non-hydrogen) atoms. The number of nitrogens with one attached hydrogen (secondary N) is 1. The highest BCUT2D eigenvalue weighted by molar-refractivity contribution is 5.79. The first-order valence-corrected chi connectivity index (χ1v) is 5.35. The molecular formula is C11H16F2N4. The molecule has 94 valence electrons. The lowest BCUT2D eigenvalue weighted by Crippen LogP contribution is -2.35. The lowest BCUT2D eigenvalue weighted by molar-refractivity contribution is 0.563. The van der Waals surface area contributed by atoms with Crippen molar-refractivity contribution in [1.29, 1.82) is 5.41 Å². The third-order valence-corrected chi connectivity index (χ3v) is 2.49. The number of hydrogen-bond acceptors (Lipinski definition) is 3. The van der Waals surface area contributed by atoms with Gasteiger partial charge in [-0.1, -0.05) is 6.92 Å². The van der Waals surface area contributed by atoms with Gasteiger partial charge in [0.05, 0.1) is 12.0 Å². The van der Waals surface area contributed by atoms with E-state index in [1.54, 1.807) is 11.8 Å². The van der Waals surface area contributed by atoms with E-state index in [2.05, 4.69) is 4.98 Å². The van der Waals surface area contributed by atoms with Crippen molar-refractivity contribution in [3.63, 3.8) is 0 Å². The molecule has 3 N–H and O–H groups in total. The molecule has 1 rings (SSSR count). The summed E-state index contributed by atoms with van der Waals surface area (Å²) in [6, 6.07) is 0.795. The predicted molar refractivity (Wildman–Crippen MR) is 63.1 cm³/mol. The van der Waals surface area contributed by atoms with Crippen LogP contribution in [0.1, 0.15) is 13.8 Å². The molecule has 0 amide bonds. The van der Waals surface area contributed by atoms with Crippen LogP contribution in [-0.4, -0.2) is 23.9 Å². The summed E-state index contributed by atoms with van der Waals surface area (Å²) in [4.78, 5) is 5.35. The van der Waals surface area contributed by atoms with Gasteiger partial charge >= 0.3 is 0 Å². The molecule has 1 aromatic heterocycles. The Balaban J connectivity index is 2.90. The van der Waals surface area contributed by atoms with Crippen LogP contribution in [0.5, 0.6) is 0 Å². The van der Waals surface area contributed by atoms with Crippen molar-refractivity contribution in [3.05, 3.63) is 23.9 Å². The Kier molecular flexibility index (Phi) is 4.37. The van der Waals surface area contributed by atoms with Crippen molar-refractivity contribution in [3.8, 4) is 0 Å². The number of anilines is 1. The molecule has 0 radical (unpaired) electrons. The van der Waals surface area contributed by atoms with Crippen LogP contribution in [0.4, 0.5) is 14.6 Å². The third kappa shape index (κ3) is 3.37. The first-order valence-electron chi connectivity index (χ1n) is 5.35. The maximum atomic E-state index is 13.5. The summed E-state index contributed by atoms with van der Waals surface area (Å²) in [5.74, 6) is -1.50. The van der Waals surface area contributed by atoms with E-state index in [0.717, 1.165) is 12.3 Å². The van der Waals surface area contributed by atoms with E-state index in [4.69, 9.17) is 11.1 Å². The van der Waals surface area contributed by atoms with E-state index in [1.807, 2.05) is 6.92 Å². The minimum atomic E-state index is -0.707. The van der Waals surface area contributed by atoms with E-state index in [1.165, 1.54) is 0 Å². The Bertz CT molecular complexity index is 408. The van der Waals surface area contributed by atoms with Crippen LogP contribution in [0, 0.1) is 23.0 Å². The van der Waals surface area contributed by atoms with Gasteiger partial charge in [-0.25, -0.2) is 13.8 Å². The number of hydrogen-bond donors (Lipinski definition) is 2. The van der Waals surface area contributed by atoms with Crippen LogP contribution in [0.25, 0.3) is 0 Å². The van der Waals surface area contributed by atoms with Gasteiger partial charge in [-0.3, -0.25) is 5.41 Å². The molecule has 0 aliphatic heterocycles. The van der Waals surface area contributed by atoms with Crippen LogP contribution in [-0.2, 0) is 0 Å². The van der Waals surface area contributed by atoms with Crippen molar-refractivity contribution in [1.82, 2.24) is 4.98 Å². The Hall–Kier alpha value is -1.72. The Morgan fingerprint density at radius 2 is 2.24 bits per heavy atom. The van der Waals surface area contributed by atoms with Gasteiger partial charge in [0.15, 0.2) is 11.6 Å². The van der Waals surface area contributed by atoms with Crippen molar-refractivity contribution in [2.75, 3.05) is 18.0 Å². The molecular weight excluding hydrogens is 226 g/mol. The van der Waals surface area contributed by atoms with Crippen LogP contribution in [0.2, 0.25) is 0 Å². The minimum Gasteiger partial charge on any atom is -0.387 e. The minimum absolute atomic E-state index is 0.0333. The van der Waals surface area contributed by atoms with Gasteiger partial charge in [0.25, 0.3) is 0 Å². The molecule has 0 spiro atoms. The topological polar surface area (TPSA) is 66.0 Å². The zero-order chi connectivity index (χ0) is 13.0. The Morgan fingerprint density at radius 1 is 1.59 bits per heavy atom. The van der Waals surface area contributed by atoms with Crippen molar-refractivity contribution < 1.29 is 8.78 Å². The van der Waals surface area contributed by atoms with Gasteiger partial charge in [0.2, 0.25) is 0 Å². The molecule has 1 atom stereocenters. The summed E-state index contributed by atoms with van der Waals surface area (Å²) in [7, 11) is 0. The zero-order valence-corrected chi connectivity index (χ0v) is 9.87. The van der Waals surface area contributed by atoms with E-state index in [0.29, 0.717) is 13.1 Å². The van der Waals surface area contributed by atoms with Gasteiger partial charge < -0.3 is 10.6 Å². The fourth-order valence-electron chi connectivity index (χ4n) is 1.43. The van der Waals surface area contributed by atoms with Crippen molar-refractivity contribution in [2.24, 2.45) is 11.7 Å². The van der Waals surface area contributed by atoms with E-state index < -0.39 is 11.6 Å². The molecule has 1 aromatic rings. The van der Waals surface area contributed by atoms with Gasteiger partial charge in [-0.05, 0) is 6.92 Å². The average Bonchev–Trinajstić information content (AvgIpc) is 2.26. The Morgan fingerprint density at radius 3 is 2.71 bits per heavy atom. The molecule has 0 saturated carbocycles. The lowest BCUT2D eigenvalue weighted by Gasteiger charge is -2.25. The predicted octanol–water partition coefficient (Wildman–Crippen LogP) is 1.76. The van der Waals surface area contributed by atoms with Gasteiger partial charge in [-0.15, -0.1) is 0 Å². The number of nitrogens with two attached hydrogens (primary N) is 1. The summed E-state index contributed by atoms with van der Waals surface area (Å²) in [6.45, 7) is 4.48. The SMILES string of the molecule is CCN(CC(C)C(=N)N)c1ncc(F)cc1F. The smallest absolute Gasteiger partial charge is 0.168 e. The maximum absolute atomic E-state index is 13.5. The van der Waals surface area contributed by atoms with Gasteiger partial charge in [0.1, 0.15) is 5.82 Å². The van der Waals surface area contributed by atoms with Crippen LogP contribution in [0.15, 0.2) is 12.3 Å². The lowest BCUT2D eigenvalue weighted by atomic mass is 10.1. The van der Waals surface area contributed by atoms with Crippen LogP contribution in [0.3, 0.4) is 0 Å². The molecule has 0 aliphatic carbocycles. The first-order chi connectivity index (χ1) is 7.95. The second-order valence-corrected chi connectivity index (χ2v) is 3.85. The zero-order valence-electron chi connectivity index (χ0n) is 9.87. The summed E-state index contributed by atoms with van der Waals surface area (Å²) in [5, 5.41) is 7.30. The maximum Gasteiger partial charge on any atom is 0.168 e. The molecule has 0 fully saturated rings. The van der Waals surface area contributed by atoms with E-state index in [-0.39, 0.29) is 17.6 Å². The number of halogens is 2. The molecule has 0 saturated heterocycles. The number of amidine groups is 1. The summed E-state index contributed by atoms with van der Waals surface area (Å²) in [6.07, 6.45) is 0.972. The highest BCUT2D eigenvalue weighted by Gasteiger charge is 2.16. The second-order valence-electron chi connectivity index (χ2n) is 3.85. The fourth-order valence-corrected chi connectivity index (χ4v) is 1.43. The highest BCUT2D eigenvalue weighted by Crippen LogP contribution is 2.17. The number of pyridine rings is 1. The van der Waals surface area contributed by atoms with E-state index in [9.17, 15) is 8.78 Å². The van der Waals surface area contributed by atoms with Gasteiger partial charge in [0, 0.05) is 25.1 Å². The fraction of sp³-hybridized carbons (Fsp3) is 0.455. The molecule has 0 aliphatic rings. The van der Waals surface area contributed by atoms with Crippen LogP contribution < -0.4 is 10.6 Å². The molecule has 0 bridgehead atoms. The van der Waals surface area contributed by atoms with Crippen LogP contribution >= 0.6 is 0 Å². The largest absolute Gasteiger partial charge is 0.387 e. The molecule has 1 unspecified atom stereocenters. The number of rotatable bonds is 5. The summed E-state index contributed by atoms with van der Waals surface area (Å²) in [5.41, 5.74) is 5.36. The molecule has 0 aromatic carbocycles. The monoisotopic (exact) mass is 242 g/mol. The molecule has 6 heteroatoms. The summed E-state index contributed by atoms with van der Waals surface area (Å²) < 4.78 is 26.2. The Labute approximate surface area is 99.0 Å². The third-order valence-electron chi connectivity index (χ3n) is 2.49. The quantitative estimate of drug-likeness (QED) is 0.610. The number of aromatic nitrogens is 1. The summed E-state index contributed by atoms with van der Waals surface area (Å²) >= 11 is 0.